The number of nitrogens with zero attached hydrogens (tertiary/aromatic N) is 3. The summed E-state index contributed by atoms with van der Waals surface area (Å²) in [6, 6.07) is 23.3. The molecule has 0 saturated heterocycles. The van der Waals surface area contributed by atoms with E-state index in [0.29, 0.717) is 11.1 Å². The van der Waals surface area contributed by atoms with Crippen molar-refractivity contribution >= 4 is 5.97 Å². The van der Waals surface area contributed by atoms with Gasteiger partial charge in [0.1, 0.15) is 6.10 Å². The van der Waals surface area contributed by atoms with Gasteiger partial charge >= 0.3 is 5.97 Å². The van der Waals surface area contributed by atoms with Crippen LogP contribution >= 0.6 is 0 Å². The highest BCUT2D eigenvalue weighted by Crippen LogP contribution is 2.33. The van der Waals surface area contributed by atoms with Crippen LogP contribution in [-0.4, -0.2) is 22.6 Å². The van der Waals surface area contributed by atoms with E-state index in [2.05, 4.69) is 11.1 Å². The van der Waals surface area contributed by atoms with Gasteiger partial charge in [-0.15, -0.1) is 0 Å². The minimum absolute atomic E-state index is 0.278. The molecule has 170 valence electrons. The van der Waals surface area contributed by atoms with E-state index in [9.17, 15) is 10.1 Å². The molecule has 0 spiro atoms. The number of benzene rings is 3. The SMILES string of the molecule is COC(=O)c1cccc(COC(c2ccc(C#N)c(-c3ccccc3C)c2)c2cncn2C)c1. The number of aryl methyl sites for hydroxylation is 2. The summed E-state index contributed by atoms with van der Waals surface area (Å²) < 4.78 is 13.2. The zero-order chi connectivity index (χ0) is 24.1. The summed E-state index contributed by atoms with van der Waals surface area (Å²) in [6.07, 6.45) is 3.08. The summed E-state index contributed by atoms with van der Waals surface area (Å²) in [5.41, 5.74) is 6.68. The van der Waals surface area contributed by atoms with E-state index in [-0.39, 0.29) is 12.6 Å². The molecular weight excluding hydrogens is 426 g/mol. The molecule has 0 saturated carbocycles. The fraction of sp³-hybridized carbons (Fsp3) is 0.179. The molecule has 0 aliphatic heterocycles. The van der Waals surface area contributed by atoms with Gasteiger partial charge in [-0.25, -0.2) is 9.78 Å². The molecule has 4 rings (SSSR count). The largest absolute Gasteiger partial charge is 0.465 e. The zero-order valence-corrected chi connectivity index (χ0v) is 19.4. The smallest absolute Gasteiger partial charge is 0.337 e. The van der Waals surface area contributed by atoms with E-state index in [1.54, 1.807) is 24.7 Å². The van der Waals surface area contributed by atoms with Gasteiger partial charge in [0.25, 0.3) is 0 Å². The number of methoxy groups -OCH3 is 1. The van der Waals surface area contributed by atoms with Gasteiger partial charge in [-0.3, -0.25) is 0 Å². The van der Waals surface area contributed by atoms with Gasteiger partial charge in [0.15, 0.2) is 0 Å². The molecule has 0 aliphatic rings. The first-order valence-corrected chi connectivity index (χ1v) is 10.9. The number of esters is 1. The minimum Gasteiger partial charge on any atom is -0.465 e. The van der Waals surface area contributed by atoms with E-state index in [1.165, 1.54) is 7.11 Å². The Morgan fingerprint density at radius 2 is 1.91 bits per heavy atom. The Morgan fingerprint density at radius 1 is 1.09 bits per heavy atom. The number of carbonyl (C=O) groups is 1. The van der Waals surface area contributed by atoms with Crippen LogP contribution in [0.15, 0.2) is 79.3 Å². The Labute approximate surface area is 199 Å². The molecule has 0 bridgehead atoms. The van der Waals surface area contributed by atoms with E-state index in [1.807, 2.05) is 73.1 Å². The first-order chi connectivity index (χ1) is 16.5. The zero-order valence-electron chi connectivity index (χ0n) is 19.4. The summed E-state index contributed by atoms with van der Waals surface area (Å²) >= 11 is 0. The second-order valence-corrected chi connectivity index (χ2v) is 8.04. The van der Waals surface area contributed by atoms with Crippen LogP contribution in [0.3, 0.4) is 0 Å². The van der Waals surface area contributed by atoms with Gasteiger partial charge in [-0.05, 0) is 53.4 Å². The van der Waals surface area contributed by atoms with Crippen molar-refractivity contribution in [2.75, 3.05) is 7.11 Å². The lowest BCUT2D eigenvalue weighted by Gasteiger charge is -2.21. The van der Waals surface area contributed by atoms with Crippen molar-refractivity contribution < 1.29 is 14.3 Å². The van der Waals surface area contributed by atoms with Crippen molar-refractivity contribution in [2.24, 2.45) is 7.05 Å². The molecule has 0 aliphatic carbocycles. The maximum Gasteiger partial charge on any atom is 0.337 e. The Bertz CT molecular complexity index is 1370. The van der Waals surface area contributed by atoms with Crippen molar-refractivity contribution in [3.05, 3.63) is 113 Å². The molecule has 0 radical (unpaired) electrons. The maximum atomic E-state index is 11.9. The van der Waals surface area contributed by atoms with Crippen molar-refractivity contribution in [1.82, 2.24) is 9.55 Å². The summed E-state index contributed by atoms with van der Waals surface area (Å²) in [5, 5.41) is 9.74. The Hall–Kier alpha value is -4.21. The Kier molecular flexibility index (Phi) is 6.86. The van der Waals surface area contributed by atoms with Crippen LogP contribution in [0.4, 0.5) is 0 Å². The van der Waals surface area contributed by atoms with Gasteiger partial charge in [0.2, 0.25) is 0 Å². The minimum atomic E-state index is -0.426. The van der Waals surface area contributed by atoms with Crippen LogP contribution in [0.5, 0.6) is 0 Å². The number of rotatable bonds is 7. The van der Waals surface area contributed by atoms with E-state index in [4.69, 9.17) is 9.47 Å². The maximum absolute atomic E-state index is 11.9. The number of ether oxygens (including phenoxy) is 2. The highest BCUT2D eigenvalue weighted by Gasteiger charge is 2.21. The van der Waals surface area contributed by atoms with Crippen LogP contribution in [0, 0.1) is 18.3 Å². The molecule has 6 heteroatoms. The molecule has 0 N–H and O–H groups in total. The average molecular weight is 452 g/mol. The fourth-order valence-corrected chi connectivity index (χ4v) is 3.98. The van der Waals surface area contributed by atoms with Crippen molar-refractivity contribution in [2.45, 2.75) is 19.6 Å². The van der Waals surface area contributed by atoms with Crippen molar-refractivity contribution in [3.63, 3.8) is 0 Å². The summed E-state index contributed by atoms with van der Waals surface area (Å²) in [7, 11) is 3.28. The molecule has 1 heterocycles. The number of aromatic nitrogens is 2. The molecular formula is C28H25N3O3. The number of hydrogen-bond donors (Lipinski definition) is 0. The fourth-order valence-electron chi connectivity index (χ4n) is 3.98. The number of imidazole rings is 1. The van der Waals surface area contributed by atoms with Crippen LogP contribution in [0.1, 0.15) is 44.4 Å². The molecule has 0 fully saturated rings. The predicted molar refractivity (Wildman–Crippen MR) is 129 cm³/mol. The number of nitriles is 1. The average Bonchev–Trinajstić information content (AvgIpc) is 3.29. The van der Waals surface area contributed by atoms with E-state index >= 15 is 0 Å². The molecule has 6 nitrogen and oxygen atoms in total. The third-order valence-electron chi connectivity index (χ3n) is 5.79. The quantitative estimate of drug-likeness (QED) is 0.354. The highest BCUT2D eigenvalue weighted by atomic mass is 16.5. The second kappa shape index (κ2) is 10.2. The third kappa shape index (κ3) is 4.75. The van der Waals surface area contributed by atoms with Crippen LogP contribution < -0.4 is 0 Å². The molecule has 4 aromatic rings. The molecule has 0 amide bonds. The lowest BCUT2D eigenvalue weighted by molar-refractivity contribution is 0.0592. The molecule has 3 aromatic carbocycles. The van der Waals surface area contributed by atoms with Crippen LogP contribution in [0.25, 0.3) is 11.1 Å². The Balaban J connectivity index is 1.73. The monoisotopic (exact) mass is 451 g/mol. The molecule has 1 aromatic heterocycles. The molecule has 34 heavy (non-hydrogen) atoms. The van der Waals surface area contributed by atoms with Crippen LogP contribution in [-0.2, 0) is 23.1 Å². The summed E-state index contributed by atoms with van der Waals surface area (Å²) in [6.45, 7) is 2.31. The first-order valence-electron chi connectivity index (χ1n) is 10.9. The summed E-state index contributed by atoms with van der Waals surface area (Å²) in [4.78, 5) is 16.2. The summed E-state index contributed by atoms with van der Waals surface area (Å²) in [5.74, 6) is -0.389. The first kappa shape index (κ1) is 23.0. The van der Waals surface area contributed by atoms with Gasteiger partial charge in [0, 0.05) is 12.6 Å². The highest BCUT2D eigenvalue weighted by molar-refractivity contribution is 5.89. The molecule has 1 atom stereocenters. The number of hydrogen-bond acceptors (Lipinski definition) is 5. The normalized spacial score (nSPS) is 11.6. The van der Waals surface area contributed by atoms with Gasteiger partial charge in [-0.1, -0.05) is 42.5 Å². The van der Waals surface area contributed by atoms with Crippen molar-refractivity contribution in [3.8, 4) is 17.2 Å². The van der Waals surface area contributed by atoms with Gasteiger partial charge < -0.3 is 14.0 Å². The second-order valence-electron chi connectivity index (χ2n) is 8.04. The lowest BCUT2D eigenvalue weighted by Crippen LogP contribution is -2.11. The van der Waals surface area contributed by atoms with Gasteiger partial charge in [0.05, 0.1) is 49.1 Å². The van der Waals surface area contributed by atoms with Crippen LogP contribution in [0.2, 0.25) is 0 Å². The van der Waals surface area contributed by atoms with Gasteiger partial charge in [-0.2, -0.15) is 5.26 Å². The standard InChI is InChI=1S/C28H25N3O3/c1-19-7-4-5-10-24(19)25-14-21(11-12-23(25)15-29)27(26-16-30-18-31(26)2)34-17-20-8-6-9-22(13-20)28(32)33-3/h4-14,16,18,27H,17H2,1-3H3. The number of carbonyl (C=O) groups excluding carboxylic acids is 1. The molecule has 1 unspecified atom stereocenters. The van der Waals surface area contributed by atoms with Crippen molar-refractivity contribution in [1.29, 1.82) is 5.26 Å². The topological polar surface area (TPSA) is 77.1 Å². The predicted octanol–water partition coefficient (Wildman–Crippen LogP) is 5.36. The third-order valence-corrected chi connectivity index (χ3v) is 5.79. The van der Waals surface area contributed by atoms with E-state index in [0.717, 1.165) is 33.5 Å². The lowest BCUT2D eigenvalue weighted by atomic mass is 9.93. The van der Waals surface area contributed by atoms with E-state index < -0.39 is 6.10 Å². The Morgan fingerprint density at radius 3 is 2.62 bits per heavy atom.